The number of hydrogen-bond donors (Lipinski definition) is 3. The Morgan fingerprint density at radius 3 is 2.00 bits per heavy atom. The Balaban J connectivity index is 0.000000223. The molecule has 0 heterocycles. The van der Waals surface area contributed by atoms with Crippen LogP contribution in [0, 0.1) is 0 Å². The van der Waals surface area contributed by atoms with Crippen LogP contribution >= 0.6 is 0 Å². The van der Waals surface area contributed by atoms with Gasteiger partial charge >= 0.3 is 5.97 Å². The van der Waals surface area contributed by atoms with Crippen LogP contribution in [0.5, 0.6) is 0 Å². The Labute approximate surface area is 134 Å². The highest BCUT2D eigenvalue weighted by Gasteiger charge is 2.24. The van der Waals surface area contributed by atoms with Gasteiger partial charge in [-0.05, 0) is 17.5 Å². The number of carbonyl (C=O) groups is 2. The van der Waals surface area contributed by atoms with Crippen LogP contribution < -0.4 is 5.73 Å². The molecular weight excluding hydrogens is 294 g/mol. The zero-order valence-corrected chi connectivity index (χ0v) is 12.6. The van der Waals surface area contributed by atoms with E-state index >= 15 is 0 Å². The van der Waals surface area contributed by atoms with Crippen LogP contribution in [0.15, 0.2) is 54.6 Å². The van der Waals surface area contributed by atoms with Gasteiger partial charge in [0.05, 0.1) is 6.10 Å². The van der Waals surface area contributed by atoms with Crippen molar-refractivity contribution in [3.8, 4) is 0 Å². The second-order valence-corrected chi connectivity index (χ2v) is 5.37. The summed E-state index contributed by atoms with van der Waals surface area (Å²) in [6.45, 7) is 0. The third-order valence-corrected chi connectivity index (χ3v) is 3.56. The average Bonchev–Trinajstić information content (AvgIpc) is 3.35. The van der Waals surface area contributed by atoms with Crippen molar-refractivity contribution >= 4 is 11.8 Å². The average molecular weight is 313 g/mol. The Bertz CT molecular complexity index is 663. The van der Waals surface area contributed by atoms with Crippen molar-refractivity contribution < 1.29 is 19.8 Å². The Morgan fingerprint density at radius 1 is 1.00 bits per heavy atom. The van der Waals surface area contributed by atoms with Gasteiger partial charge in [-0.2, -0.15) is 0 Å². The van der Waals surface area contributed by atoms with Crippen molar-refractivity contribution in [2.75, 3.05) is 0 Å². The molecule has 0 aliphatic heterocycles. The highest BCUT2D eigenvalue weighted by molar-refractivity contribution is 5.96. The van der Waals surface area contributed by atoms with Crippen LogP contribution in [-0.2, 0) is 11.2 Å². The van der Waals surface area contributed by atoms with Gasteiger partial charge in [0.1, 0.15) is 6.04 Å². The van der Waals surface area contributed by atoms with Gasteiger partial charge in [0, 0.05) is 12.0 Å². The van der Waals surface area contributed by atoms with Crippen molar-refractivity contribution in [2.45, 2.75) is 25.0 Å². The third kappa shape index (κ3) is 5.02. The maximum absolute atomic E-state index is 11.6. The molecule has 0 spiro atoms. The molecule has 0 fully saturated rings. The van der Waals surface area contributed by atoms with E-state index in [1.807, 2.05) is 0 Å². The molecule has 2 atom stereocenters. The van der Waals surface area contributed by atoms with E-state index in [-0.39, 0.29) is 12.2 Å². The molecule has 1 aliphatic carbocycles. The predicted molar refractivity (Wildman–Crippen MR) is 86.3 cm³/mol. The van der Waals surface area contributed by atoms with E-state index in [0.29, 0.717) is 5.56 Å². The first-order chi connectivity index (χ1) is 11.0. The summed E-state index contributed by atoms with van der Waals surface area (Å²) in [6, 6.07) is 15.4. The molecule has 0 amide bonds. The lowest BCUT2D eigenvalue weighted by molar-refractivity contribution is -0.141. The molecule has 0 bridgehead atoms. The van der Waals surface area contributed by atoms with E-state index in [4.69, 9.17) is 10.8 Å². The number of carboxylic acid groups (broad SMARTS) is 1. The smallest absolute Gasteiger partial charge is 0.323 e. The molecule has 0 radical (unpaired) electrons. The second-order valence-electron chi connectivity index (χ2n) is 5.37. The lowest BCUT2D eigenvalue weighted by Gasteiger charge is -2.13. The largest absolute Gasteiger partial charge is 0.480 e. The molecule has 2 aromatic rings. The molecule has 23 heavy (non-hydrogen) atoms. The minimum Gasteiger partial charge on any atom is -0.480 e. The molecule has 4 N–H and O–H groups in total. The van der Waals surface area contributed by atoms with Crippen molar-refractivity contribution in [1.82, 2.24) is 0 Å². The lowest BCUT2D eigenvalue weighted by Crippen LogP contribution is -2.42. The summed E-state index contributed by atoms with van der Waals surface area (Å²) in [5, 5.41) is 17.9. The highest BCUT2D eigenvalue weighted by Crippen LogP contribution is 2.25. The Kier molecular flexibility index (Phi) is 5.62. The number of nitrogens with two attached hydrogens (primary N) is 1. The van der Waals surface area contributed by atoms with Crippen molar-refractivity contribution in [1.29, 1.82) is 0 Å². The standard InChI is InChI=1S/C11H13NO4.C7H6/c12-10(11(15)16)9(14)6-8(13)7-4-2-1-3-5-7;1-2-4-7-5-6(7)3-1/h1-5,9-10,14H,6,12H2,(H,15,16);1-4H,5H2/t9-,10+;/m0./s1. The maximum atomic E-state index is 11.6. The topological polar surface area (TPSA) is 101 Å². The predicted octanol–water partition coefficient (Wildman–Crippen LogP) is 1.62. The first-order valence-electron chi connectivity index (χ1n) is 7.30. The molecule has 3 rings (SSSR count). The maximum Gasteiger partial charge on any atom is 0.323 e. The fourth-order valence-electron chi connectivity index (χ4n) is 2.06. The molecule has 120 valence electrons. The van der Waals surface area contributed by atoms with Crippen LogP contribution in [0.2, 0.25) is 0 Å². The molecule has 5 heteroatoms. The summed E-state index contributed by atoms with van der Waals surface area (Å²) in [5.41, 5.74) is 8.67. The fraction of sp³-hybridized carbons (Fsp3) is 0.222. The van der Waals surface area contributed by atoms with Gasteiger partial charge in [-0.3, -0.25) is 9.59 Å². The van der Waals surface area contributed by atoms with E-state index in [9.17, 15) is 14.7 Å². The number of Topliss-reactive ketones (excluding diaryl/α,β-unsaturated/α-hetero) is 1. The number of fused-ring (bicyclic) bond motifs is 1. The molecule has 0 saturated heterocycles. The molecule has 5 nitrogen and oxygen atoms in total. The summed E-state index contributed by atoms with van der Waals surface area (Å²) >= 11 is 0. The molecular formula is C18H19NO4. The Morgan fingerprint density at radius 2 is 1.52 bits per heavy atom. The fourth-order valence-corrected chi connectivity index (χ4v) is 2.06. The van der Waals surface area contributed by atoms with Gasteiger partial charge in [0.2, 0.25) is 0 Å². The minimum absolute atomic E-state index is 0.294. The van der Waals surface area contributed by atoms with Crippen molar-refractivity contribution in [2.24, 2.45) is 5.73 Å². The van der Waals surface area contributed by atoms with Crippen LogP contribution in [0.25, 0.3) is 0 Å². The van der Waals surface area contributed by atoms with Gasteiger partial charge in [-0.25, -0.2) is 0 Å². The zero-order chi connectivity index (χ0) is 16.8. The summed E-state index contributed by atoms with van der Waals surface area (Å²) in [5.74, 6) is -1.65. The normalized spacial score (nSPS) is 13.8. The third-order valence-electron chi connectivity index (χ3n) is 3.56. The molecule has 0 aromatic heterocycles. The molecule has 0 unspecified atom stereocenters. The van der Waals surface area contributed by atoms with Crippen molar-refractivity contribution in [3.63, 3.8) is 0 Å². The first kappa shape index (κ1) is 16.9. The number of aliphatic hydroxyl groups is 1. The van der Waals surface area contributed by atoms with E-state index in [2.05, 4.69) is 24.3 Å². The van der Waals surface area contributed by atoms with Gasteiger partial charge in [-0.15, -0.1) is 0 Å². The lowest BCUT2D eigenvalue weighted by atomic mass is 10.0. The Hall–Kier alpha value is -2.50. The van der Waals surface area contributed by atoms with Crippen LogP contribution in [0.4, 0.5) is 0 Å². The number of carbonyl (C=O) groups excluding carboxylic acids is 1. The number of rotatable bonds is 5. The quantitative estimate of drug-likeness (QED) is 0.621. The minimum atomic E-state index is -1.44. The van der Waals surface area contributed by atoms with Gasteiger partial charge in [0.25, 0.3) is 0 Å². The summed E-state index contributed by atoms with van der Waals surface area (Å²) in [4.78, 5) is 22.0. The van der Waals surface area contributed by atoms with E-state index < -0.39 is 18.1 Å². The number of carboxylic acids is 1. The zero-order valence-electron chi connectivity index (χ0n) is 12.6. The number of ketones is 1. The monoisotopic (exact) mass is 313 g/mol. The van der Waals surface area contributed by atoms with Crippen LogP contribution in [-0.4, -0.2) is 34.1 Å². The second kappa shape index (κ2) is 7.67. The van der Waals surface area contributed by atoms with E-state index in [0.717, 1.165) is 0 Å². The van der Waals surface area contributed by atoms with E-state index in [1.54, 1.807) is 30.3 Å². The summed E-state index contributed by atoms with van der Waals surface area (Å²) < 4.78 is 0. The molecule has 2 aromatic carbocycles. The van der Waals surface area contributed by atoms with Gasteiger partial charge in [0.15, 0.2) is 5.78 Å². The van der Waals surface area contributed by atoms with Gasteiger partial charge in [-0.1, -0.05) is 54.6 Å². The molecule has 1 aliphatic rings. The van der Waals surface area contributed by atoms with E-state index in [1.165, 1.54) is 17.5 Å². The van der Waals surface area contributed by atoms with Crippen LogP contribution in [0.1, 0.15) is 27.9 Å². The van der Waals surface area contributed by atoms with Crippen LogP contribution in [0.3, 0.4) is 0 Å². The number of hydrogen-bond acceptors (Lipinski definition) is 4. The highest BCUT2D eigenvalue weighted by atomic mass is 16.4. The van der Waals surface area contributed by atoms with Gasteiger partial charge < -0.3 is 15.9 Å². The van der Waals surface area contributed by atoms with Crippen molar-refractivity contribution in [3.05, 3.63) is 71.3 Å². The first-order valence-corrected chi connectivity index (χ1v) is 7.30. The number of benzene rings is 2. The SMILES string of the molecule is N[C@@H](C(=O)O)[C@@H](O)CC(=O)c1ccccc1.c1ccc2c(c1)C2. The number of aliphatic carboxylic acids is 1. The summed E-state index contributed by atoms with van der Waals surface area (Å²) in [6.07, 6.45) is -0.421. The summed E-state index contributed by atoms with van der Waals surface area (Å²) in [7, 11) is 0. The molecule has 0 saturated carbocycles. The number of aliphatic hydroxyl groups excluding tert-OH is 1.